The topological polar surface area (TPSA) is 82.7 Å². The molecule has 6 nitrogen and oxygen atoms in total. The van der Waals surface area contributed by atoms with E-state index in [2.05, 4.69) is 25.8 Å². The van der Waals surface area contributed by atoms with E-state index in [0.29, 0.717) is 12.1 Å². The Bertz CT molecular complexity index is 457. The maximum absolute atomic E-state index is 12.1. The number of aromatic nitrogens is 3. The van der Waals surface area contributed by atoms with E-state index in [1.807, 2.05) is 13.8 Å². The molecule has 104 valence electrons. The summed E-state index contributed by atoms with van der Waals surface area (Å²) in [6.45, 7) is 4.04. The SMILES string of the molecule is CC(C)c1nc(C(=O)NC2CC3CCC(C2)N3)n[nH]1. The fraction of sp³-hybridized carbons (Fsp3) is 0.769. The maximum atomic E-state index is 12.1. The van der Waals surface area contributed by atoms with Crippen LogP contribution in [0.1, 0.15) is 61.9 Å². The summed E-state index contributed by atoms with van der Waals surface area (Å²) < 4.78 is 0. The van der Waals surface area contributed by atoms with E-state index in [-0.39, 0.29) is 23.7 Å². The number of rotatable bonds is 3. The molecule has 2 unspecified atom stereocenters. The summed E-state index contributed by atoms with van der Waals surface area (Å²) in [5, 5.41) is 13.4. The molecule has 6 heteroatoms. The average molecular weight is 263 g/mol. The van der Waals surface area contributed by atoms with Crippen LogP contribution < -0.4 is 10.6 Å². The maximum Gasteiger partial charge on any atom is 0.291 e. The molecule has 0 saturated carbocycles. The normalized spacial score (nSPS) is 29.7. The summed E-state index contributed by atoms with van der Waals surface area (Å²) in [5.41, 5.74) is 0. The fourth-order valence-electron chi connectivity index (χ4n) is 3.06. The molecule has 2 bridgehead atoms. The first-order valence-electron chi connectivity index (χ1n) is 7.11. The third kappa shape index (κ3) is 2.63. The molecule has 2 fully saturated rings. The van der Waals surface area contributed by atoms with Gasteiger partial charge in [0.1, 0.15) is 5.82 Å². The lowest BCUT2D eigenvalue weighted by atomic mass is 10.00. The van der Waals surface area contributed by atoms with Crippen molar-refractivity contribution in [1.29, 1.82) is 0 Å². The van der Waals surface area contributed by atoms with E-state index in [0.717, 1.165) is 18.7 Å². The van der Waals surface area contributed by atoms with Crippen molar-refractivity contribution >= 4 is 5.91 Å². The van der Waals surface area contributed by atoms with E-state index in [1.54, 1.807) is 0 Å². The summed E-state index contributed by atoms with van der Waals surface area (Å²) in [5.74, 6) is 1.11. The van der Waals surface area contributed by atoms with Crippen LogP contribution in [0.3, 0.4) is 0 Å². The highest BCUT2D eigenvalue weighted by molar-refractivity contribution is 5.90. The summed E-state index contributed by atoms with van der Waals surface area (Å²) in [6.07, 6.45) is 4.50. The highest BCUT2D eigenvalue weighted by atomic mass is 16.2. The van der Waals surface area contributed by atoms with Crippen LogP contribution >= 0.6 is 0 Å². The second kappa shape index (κ2) is 4.92. The first-order chi connectivity index (χ1) is 9.11. The minimum absolute atomic E-state index is 0.158. The molecule has 2 atom stereocenters. The average Bonchev–Trinajstić information content (AvgIpc) is 2.96. The molecule has 2 aliphatic heterocycles. The van der Waals surface area contributed by atoms with Gasteiger partial charge in [-0.25, -0.2) is 4.98 Å². The Hall–Kier alpha value is -1.43. The number of fused-ring (bicyclic) bond motifs is 2. The van der Waals surface area contributed by atoms with Gasteiger partial charge < -0.3 is 10.6 Å². The third-order valence-corrected chi connectivity index (χ3v) is 4.06. The summed E-state index contributed by atoms with van der Waals surface area (Å²) >= 11 is 0. The van der Waals surface area contributed by atoms with Crippen molar-refractivity contribution in [3.8, 4) is 0 Å². The molecular formula is C13H21N5O. The van der Waals surface area contributed by atoms with E-state index in [9.17, 15) is 4.79 Å². The highest BCUT2D eigenvalue weighted by Gasteiger charge is 2.34. The van der Waals surface area contributed by atoms with Crippen LogP contribution in [0, 0.1) is 0 Å². The zero-order valence-electron chi connectivity index (χ0n) is 11.4. The van der Waals surface area contributed by atoms with E-state index in [1.165, 1.54) is 12.8 Å². The molecule has 1 aromatic rings. The molecule has 1 amide bonds. The third-order valence-electron chi connectivity index (χ3n) is 4.06. The molecule has 3 rings (SSSR count). The number of hydrogen-bond acceptors (Lipinski definition) is 4. The number of aromatic amines is 1. The van der Waals surface area contributed by atoms with Gasteiger partial charge in [-0.1, -0.05) is 13.8 Å². The number of piperidine rings is 1. The monoisotopic (exact) mass is 263 g/mol. The van der Waals surface area contributed by atoms with Crippen LogP contribution in [0.4, 0.5) is 0 Å². The van der Waals surface area contributed by atoms with Gasteiger partial charge in [0.25, 0.3) is 5.91 Å². The molecule has 19 heavy (non-hydrogen) atoms. The second-order valence-corrected chi connectivity index (χ2v) is 5.98. The largest absolute Gasteiger partial charge is 0.346 e. The molecule has 3 heterocycles. The van der Waals surface area contributed by atoms with E-state index in [4.69, 9.17) is 0 Å². The Kier molecular flexibility index (Phi) is 3.26. The molecule has 1 aromatic heterocycles. The molecule has 0 aliphatic carbocycles. The quantitative estimate of drug-likeness (QED) is 0.758. The first kappa shape index (κ1) is 12.6. The standard InChI is InChI=1S/C13H21N5O/c1-7(2)11-16-12(18-17-11)13(19)15-10-5-8-3-4-9(6-10)14-8/h7-10,14H,3-6H2,1-2H3,(H,15,19)(H,16,17,18). The van der Waals surface area contributed by atoms with Gasteiger partial charge in [0.15, 0.2) is 0 Å². The van der Waals surface area contributed by atoms with Gasteiger partial charge in [-0.2, -0.15) is 0 Å². The van der Waals surface area contributed by atoms with Gasteiger partial charge in [0, 0.05) is 24.0 Å². The van der Waals surface area contributed by atoms with Crippen molar-refractivity contribution in [2.24, 2.45) is 0 Å². The number of carbonyl (C=O) groups excluding carboxylic acids is 1. The predicted octanol–water partition coefficient (Wildman–Crippen LogP) is 0.941. The van der Waals surface area contributed by atoms with Crippen LogP contribution in [0.25, 0.3) is 0 Å². The van der Waals surface area contributed by atoms with E-state index < -0.39 is 0 Å². The number of nitrogens with zero attached hydrogens (tertiary/aromatic N) is 2. The van der Waals surface area contributed by atoms with E-state index >= 15 is 0 Å². The van der Waals surface area contributed by atoms with Crippen molar-refractivity contribution in [1.82, 2.24) is 25.8 Å². The van der Waals surface area contributed by atoms with Gasteiger partial charge in [0.2, 0.25) is 5.82 Å². The van der Waals surface area contributed by atoms with Crippen molar-refractivity contribution in [3.63, 3.8) is 0 Å². The number of nitrogens with one attached hydrogen (secondary N) is 3. The van der Waals surface area contributed by atoms with Crippen LogP contribution in [-0.2, 0) is 0 Å². The Morgan fingerprint density at radius 2 is 2.00 bits per heavy atom. The zero-order valence-corrected chi connectivity index (χ0v) is 11.4. The van der Waals surface area contributed by atoms with Crippen LogP contribution in [0.15, 0.2) is 0 Å². The van der Waals surface area contributed by atoms with Crippen molar-refractivity contribution in [2.45, 2.75) is 63.6 Å². The van der Waals surface area contributed by atoms with Crippen molar-refractivity contribution in [2.75, 3.05) is 0 Å². The second-order valence-electron chi connectivity index (χ2n) is 5.98. The lowest BCUT2D eigenvalue weighted by molar-refractivity contribution is 0.0913. The van der Waals surface area contributed by atoms with Crippen molar-refractivity contribution < 1.29 is 4.79 Å². The fourth-order valence-corrected chi connectivity index (χ4v) is 3.06. The van der Waals surface area contributed by atoms with Gasteiger partial charge >= 0.3 is 0 Å². The van der Waals surface area contributed by atoms with Crippen LogP contribution in [0.5, 0.6) is 0 Å². The molecule has 3 N–H and O–H groups in total. The predicted molar refractivity (Wildman–Crippen MR) is 70.9 cm³/mol. The van der Waals surface area contributed by atoms with Gasteiger partial charge in [0.05, 0.1) is 0 Å². The Balaban J connectivity index is 1.61. The zero-order chi connectivity index (χ0) is 13.4. The Morgan fingerprint density at radius 3 is 2.58 bits per heavy atom. The number of hydrogen-bond donors (Lipinski definition) is 3. The lowest BCUT2D eigenvalue weighted by Crippen LogP contribution is -2.48. The minimum atomic E-state index is -0.158. The van der Waals surface area contributed by atoms with Crippen LogP contribution in [-0.4, -0.2) is 39.2 Å². The van der Waals surface area contributed by atoms with Gasteiger partial charge in [-0.3, -0.25) is 9.89 Å². The number of carbonyl (C=O) groups is 1. The first-order valence-corrected chi connectivity index (χ1v) is 7.11. The summed E-state index contributed by atoms with van der Waals surface area (Å²) in [6, 6.07) is 1.40. The van der Waals surface area contributed by atoms with Gasteiger partial charge in [-0.15, -0.1) is 5.10 Å². The number of H-pyrrole nitrogens is 1. The molecule has 0 aromatic carbocycles. The minimum Gasteiger partial charge on any atom is -0.346 e. The Morgan fingerprint density at radius 1 is 1.32 bits per heavy atom. The molecule has 0 spiro atoms. The number of amides is 1. The molecule has 2 aliphatic rings. The summed E-state index contributed by atoms with van der Waals surface area (Å²) in [7, 11) is 0. The van der Waals surface area contributed by atoms with Crippen LogP contribution in [0.2, 0.25) is 0 Å². The molecule has 2 saturated heterocycles. The van der Waals surface area contributed by atoms with Crippen molar-refractivity contribution in [3.05, 3.63) is 11.6 Å². The smallest absolute Gasteiger partial charge is 0.291 e. The Labute approximate surface area is 112 Å². The lowest BCUT2D eigenvalue weighted by Gasteiger charge is -2.29. The summed E-state index contributed by atoms with van der Waals surface area (Å²) in [4.78, 5) is 16.3. The highest BCUT2D eigenvalue weighted by Crippen LogP contribution is 2.26. The van der Waals surface area contributed by atoms with Gasteiger partial charge in [-0.05, 0) is 25.7 Å². The molecule has 0 radical (unpaired) electrons. The molecular weight excluding hydrogens is 242 g/mol.